The molecule has 1 aromatic rings. The Morgan fingerprint density at radius 3 is 2.59 bits per heavy atom. The zero-order valence-electron chi connectivity index (χ0n) is 17.3. The molecule has 152 valence electrons. The summed E-state index contributed by atoms with van der Waals surface area (Å²) in [6, 6.07) is 8.57. The van der Waals surface area contributed by atoms with E-state index in [9.17, 15) is 0 Å². The molecule has 0 spiro atoms. The van der Waals surface area contributed by atoms with Crippen LogP contribution >= 0.6 is 0 Å². The molecule has 2 rings (SSSR count). The lowest BCUT2D eigenvalue weighted by molar-refractivity contribution is 0.114. The summed E-state index contributed by atoms with van der Waals surface area (Å²) >= 11 is 0. The normalized spacial score (nSPS) is 16.6. The summed E-state index contributed by atoms with van der Waals surface area (Å²) in [5.41, 5.74) is 1.23. The van der Waals surface area contributed by atoms with E-state index in [1.54, 1.807) is 14.2 Å². The molecule has 1 saturated heterocycles. The van der Waals surface area contributed by atoms with Crippen LogP contribution in [0.3, 0.4) is 0 Å². The molecule has 0 aromatic heterocycles. The van der Waals surface area contributed by atoms with Gasteiger partial charge in [0.05, 0.1) is 19.8 Å². The zero-order chi connectivity index (χ0) is 19.5. The van der Waals surface area contributed by atoms with E-state index < -0.39 is 0 Å². The summed E-state index contributed by atoms with van der Waals surface area (Å²) in [5, 5.41) is 6.82. The molecule has 0 aliphatic carbocycles. The van der Waals surface area contributed by atoms with Gasteiger partial charge in [-0.2, -0.15) is 0 Å². The van der Waals surface area contributed by atoms with E-state index >= 15 is 0 Å². The van der Waals surface area contributed by atoms with Crippen molar-refractivity contribution in [1.29, 1.82) is 0 Å². The number of hydrogen-bond acceptors (Lipinski definition) is 4. The minimum absolute atomic E-state index is 0.263. The van der Waals surface area contributed by atoms with Crippen LogP contribution in [0.1, 0.15) is 38.3 Å². The summed E-state index contributed by atoms with van der Waals surface area (Å²) in [7, 11) is 3.54. The molecule has 6 nitrogen and oxygen atoms in total. The van der Waals surface area contributed by atoms with Gasteiger partial charge < -0.3 is 20.1 Å². The molecule has 1 fully saturated rings. The largest absolute Gasteiger partial charge is 0.496 e. The molecule has 1 aliphatic rings. The van der Waals surface area contributed by atoms with Crippen LogP contribution in [-0.4, -0.2) is 64.4 Å². The van der Waals surface area contributed by atoms with Gasteiger partial charge in [-0.15, -0.1) is 0 Å². The Morgan fingerprint density at radius 2 is 1.93 bits per heavy atom. The summed E-state index contributed by atoms with van der Waals surface area (Å²) in [6.45, 7) is 9.56. The molecule has 0 bridgehead atoms. The first-order valence-corrected chi connectivity index (χ1v) is 10.0. The van der Waals surface area contributed by atoms with Crippen molar-refractivity contribution in [2.75, 3.05) is 53.6 Å². The van der Waals surface area contributed by atoms with Crippen molar-refractivity contribution >= 4 is 5.96 Å². The van der Waals surface area contributed by atoms with Crippen LogP contribution in [0.15, 0.2) is 29.3 Å². The van der Waals surface area contributed by atoms with E-state index in [0.717, 1.165) is 44.5 Å². The second-order valence-corrected chi connectivity index (χ2v) is 7.35. The Labute approximate surface area is 164 Å². The second kappa shape index (κ2) is 11.8. The maximum Gasteiger partial charge on any atom is 0.191 e. The molecule has 1 heterocycles. The van der Waals surface area contributed by atoms with Crippen LogP contribution < -0.4 is 15.4 Å². The summed E-state index contributed by atoms with van der Waals surface area (Å²) in [6.07, 6.45) is 2.51. The van der Waals surface area contributed by atoms with Gasteiger partial charge in [0.15, 0.2) is 5.96 Å². The highest BCUT2D eigenvalue weighted by molar-refractivity contribution is 5.79. The average molecular weight is 377 g/mol. The smallest absolute Gasteiger partial charge is 0.191 e. The van der Waals surface area contributed by atoms with Crippen molar-refractivity contribution in [2.24, 2.45) is 10.9 Å². The standard InChI is InChI=1S/C21H36N4O2/c1-17(2)16-27-14-11-23-21(22-3)24-15-19(25-12-7-8-13-25)18-9-5-6-10-20(18)26-4/h5-6,9-10,17,19H,7-8,11-16H2,1-4H3,(H2,22,23,24). The molecule has 1 unspecified atom stereocenters. The van der Waals surface area contributed by atoms with Crippen molar-refractivity contribution in [3.05, 3.63) is 29.8 Å². The molecular weight excluding hydrogens is 340 g/mol. The van der Waals surface area contributed by atoms with Crippen molar-refractivity contribution in [1.82, 2.24) is 15.5 Å². The molecular formula is C21H36N4O2. The summed E-state index contributed by atoms with van der Waals surface area (Å²) in [5.74, 6) is 2.31. The number of guanidine groups is 1. The predicted octanol–water partition coefficient (Wildman–Crippen LogP) is 2.67. The highest BCUT2D eigenvalue weighted by Crippen LogP contribution is 2.31. The van der Waals surface area contributed by atoms with E-state index in [1.807, 2.05) is 12.1 Å². The molecule has 1 atom stereocenters. The number of nitrogens with one attached hydrogen (secondary N) is 2. The van der Waals surface area contributed by atoms with E-state index in [1.165, 1.54) is 18.4 Å². The number of nitrogens with zero attached hydrogens (tertiary/aromatic N) is 2. The quantitative estimate of drug-likeness (QED) is 0.374. The average Bonchev–Trinajstić information content (AvgIpc) is 3.20. The third-order valence-corrected chi connectivity index (χ3v) is 4.76. The van der Waals surface area contributed by atoms with Crippen molar-refractivity contribution < 1.29 is 9.47 Å². The molecule has 2 N–H and O–H groups in total. The minimum Gasteiger partial charge on any atom is -0.496 e. The molecule has 1 aliphatic heterocycles. The van der Waals surface area contributed by atoms with Gasteiger partial charge in [-0.25, -0.2) is 0 Å². The summed E-state index contributed by atoms with van der Waals surface area (Å²) < 4.78 is 11.2. The first kappa shape index (κ1) is 21.5. The number of hydrogen-bond donors (Lipinski definition) is 2. The zero-order valence-corrected chi connectivity index (χ0v) is 17.3. The molecule has 27 heavy (non-hydrogen) atoms. The first-order chi connectivity index (χ1) is 13.2. The molecule has 6 heteroatoms. The molecule has 1 aromatic carbocycles. The Hall–Kier alpha value is -1.79. The van der Waals surface area contributed by atoms with Crippen molar-refractivity contribution in [3.63, 3.8) is 0 Å². The monoisotopic (exact) mass is 376 g/mol. The minimum atomic E-state index is 0.263. The second-order valence-electron chi connectivity index (χ2n) is 7.35. The van der Waals surface area contributed by atoms with Crippen LogP contribution in [-0.2, 0) is 4.74 Å². The van der Waals surface area contributed by atoms with Crippen LogP contribution in [0, 0.1) is 5.92 Å². The maximum absolute atomic E-state index is 5.63. The lowest BCUT2D eigenvalue weighted by Crippen LogP contribution is -2.43. The van der Waals surface area contributed by atoms with Gasteiger partial charge in [-0.3, -0.25) is 9.89 Å². The lowest BCUT2D eigenvalue weighted by Gasteiger charge is -2.30. The summed E-state index contributed by atoms with van der Waals surface area (Å²) in [4.78, 5) is 6.88. The number of ether oxygens (including phenoxy) is 2. The lowest BCUT2D eigenvalue weighted by atomic mass is 10.0. The molecule has 0 saturated carbocycles. The van der Waals surface area contributed by atoms with Crippen molar-refractivity contribution in [3.8, 4) is 5.75 Å². The fourth-order valence-electron chi connectivity index (χ4n) is 3.41. The van der Waals surface area contributed by atoms with Crippen LogP contribution in [0.4, 0.5) is 0 Å². The third kappa shape index (κ3) is 7.03. The Morgan fingerprint density at radius 1 is 1.19 bits per heavy atom. The van der Waals surface area contributed by atoms with Crippen molar-refractivity contribution in [2.45, 2.75) is 32.7 Å². The van der Waals surface area contributed by atoms with Gasteiger partial charge in [0.2, 0.25) is 0 Å². The van der Waals surface area contributed by atoms with E-state index in [2.05, 4.69) is 46.5 Å². The van der Waals surface area contributed by atoms with Crippen LogP contribution in [0.5, 0.6) is 5.75 Å². The Balaban J connectivity index is 1.92. The number of likely N-dealkylation sites (tertiary alicyclic amines) is 1. The number of benzene rings is 1. The fraction of sp³-hybridized carbons (Fsp3) is 0.667. The Kier molecular flexibility index (Phi) is 9.42. The van der Waals surface area contributed by atoms with Gasteiger partial charge >= 0.3 is 0 Å². The molecule has 0 amide bonds. The Bertz CT molecular complexity index is 571. The number of rotatable bonds is 10. The van der Waals surface area contributed by atoms with E-state index in [-0.39, 0.29) is 6.04 Å². The van der Waals surface area contributed by atoms with Gasteiger partial charge in [-0.1, -0.05) is 32.0 Å². The van der Waals surface area contributed by atoms with Gasteiger partial charge in [-0.05, 0) is 37.9 Å². The number of aliphatic imine (C=N–C) groups is 1. The van der Waals surface area contributed by atoms with Gasteiger partial charge in [0.1, 0.15) is 5.75 Å². The van der Waals surface area contributed by atoms with Gasteiger partial charge in [0, 0.05) is 32.3 Å². The molecule has 0 radical (unpaired) electrons. The number of methoxy groups -OCH3 is 1. The SMILES string of the molecule is CN=C(NCCOCC(C)C)NCC(c1ccccc1OC)N1CCCC1. The highest BCUT2D eigenvalue weighted by atomic mass is 16.5. The fourth-order valence-corrected chi connectivity index (χ4v) is 3.41. The number of para-hydroxylation sites is 1. The van der Waals surface area contributed by atoms with Crippen LogP contribution in [0.25, 0.3) is 0 Å². The third-order valence-electron chi connectivity index (χ3n) is 4.76. The van der Waals surface area contributed by atoms with E-state index in [4.69, 9.17) is 9.47 Å². The van der Waals surface area contributed by atoms with Crippen LogP contribution in [0.2, 0.25) is 0 Å². The highest BCUT2D eigenvalue weighted by Gasteiger charge is 2.25. The van der Waals surface area contributed by atoms with Gasteiger partial charge in [0.25, 0.3) is 0 Å². The van der Waals surface area contributed by atoms with E-state index in [0.29, 0.717) is 12.5 Å². The maximum atomic E-state index is 5.63. The topological polar surface area (TPSA) is 58.1 Å². The first-order valence-electron chi connectivity index (χ1n) is 10.0. The predicted molar refractivity (Wildman–Crippen MR) is 112 cm³/mol.